The van der Waals surface area contributed by atoms with Crippen LogP contribution in [0.15, 0.2) is 66.2 Å². The number of halogens is 1. The number of nitrogens with zero attached hydrogens (tertiary/aromatic N) is 2. The van der Waals surface area contributed by atoms with Gasteiger partial charge >= 0.3 is 0 Å². The van der Waals surface area contributed by atoms with Crippen molar-refractivity contribution >= 4 is 35.8 Å². The Kier molecular flexibility index (Phi) is 12.3. The molecule has 0 bridgehead atoms. The third kappa shape index (κ3) is 9.00. The number of para-hydroxylation sites is 1. The molecule has 0 saturated heterocycles. The van der Waals surface area contributed by atoms with Crippen molar-refractivity contribution in [3.05, 3.63) is 77.9 Å². The molecule has 0 atom stereocenters. The van der Waals surface area contributed by atoms with Crippen LogP contribution in [-0.2, 0) is 13.0 Å². The van der Waals surface area contributed by atoms with E-state index in [1.165, 1.54) is 0 Å². The van der Waals surface area contributed by atoms with Gasteiger partial charge in [-0.2, -0.15) is 0 Å². The van der Waals surface area contributed by atoms with Crippen LogP contribution in [0.3, 0.4) is 0 Å². The van der Waals surface area contributed by atoms with Crippen LogP contribution in [0.25, 0.3) is 0 Å². The zero-order chi connectivity index (χ0) is 21.8. The lowest BCUT2D eigenvalue weighted by Crippen LogP contribution is -2.38. The van der Waals surface area contributed by atoms with Crippen LogP contribution in [-0.4, -0.2) is 50.6 Å². The van der Waals surface area contributed by atoms with Gasteiger partial charge in [-0.3, -0.25) is 4.79 Å². The number of guanidine groups is 1. The van der Waals surface area contributed by atoms with Gasteiger partial charge < -0.3 is 20.3 Å². The van der Waals surface area contributed by atoms with Gasteiger partial charge in [-0.1, -0.05) is 43.0 Å². The minimum Gasteiger partial charge on any atom is -0.489 e. The molecular weight excluding hydrogens is 503 g/mol. The highest BCUT2D eigenvalue weighted by atomic mass is 127. The summed E-state index contributed by atoms with van der Waals surface area (Å²) in [6.45, 7) is 8.18. The lowest BCUT2D eigenvalue weighted by molar-refractivity contribution is 0.0827. The highest BCUT2D eigenvalue weighted by Gasteiger charge is 2.08. The maximum atomic E-state index is 12.1. The molecule has 7 heteroatoms. The maximum Gasteiger partial charge on any atom is 0.253 e. The molecule has 0 spiro atoms. The average Bonchev–Trinajstić information content (AvgIpc) is 2.76. The molecule has 0 aliphatic heterocycles. The Hall–Kier alpha value is -2.55. The van der Waals surface area contributed by atoms with Gasteiger partial charge in [0.05, 0.1) is 6.54 Å². The Morgan fingerprint density at radius 1 is 1.16 bits per heavy atom. The molecular formula is C24H33IN4O2. The predicted molar refractivity (Wildman–Crippen MR) is 139 cm³/mol. The molecule has 0 radical (unpaired) electrons. The molecule has 0 aliphatic carbocycles. The number of carbonyl (C=O) groups is 1. The second-order valence-electron chi connectivity index (χ2n) is 6.98. The third-order valence-electron chi connectivity index (χ3n) is 4.37. The van der Waals surface area contributed by atoms with Crippen molar-refractivity contribution in [1.82, 2.24) is 15.5 Å². The second kappa shape index (κ2) is 14.5. The molecule has 168 valence electrons. The smallest absolute Gasteiger partial charge is 0.253 e. The van der Waals surface area contributed by atoms with Crippen molar-refractivity contribution in [3.63, 3.8) is 0 Å². The second-order valence-corrected chi connectivity index (χ2v) is 6.98. The number of nitrogens with one attached hydrogen (secondary N) is 2. The fourth-order valence-electron chi connectivity index (χ4n) is 2.87. The van der Waals surface area contributed by atoms with Gasteiger partial charge in [0.2, 0.25) is 0 Å². The summed E-state index contributed by atoms with van der Waals surface area (Å²) in [5.74, 6) is 1.58. The fourth-order valence-corrected chi connectivity index (χ4v) is 2.87. The van der Waals surface area contributed by atoms with Crippen molar-refractivity contribution < 1.29 is 9.53 Å². The van der Waals surface area contributed by atoms with Gasteiger partial charge in [-0.15, -0.1) is 24.0 Å². The van der Waals surface area contributed by atoms with Crippen LogP contribution in [0.4, 0.5) is 0 Å². The largest absolute Gasteiger partial charge is 0.489 e. The van der Waals surface area contributed by atoms with E-state index in [4.69, 9.17) is 4.74 Å². The van der Waals surface area contributed by atoms with Gasteiger partial charge in [-0.25, -0.2) is 4.99 Å². The standard InChI is InChI=1S/C24H32N4O2.HI/c1-5-16-30-22-13-8-7-11-21(22)18-27-24(25-6-2)26-15-14-19-10-9-12-20(17-19)23(29)28(3)4;/h5,7-13,17H,1,6,14-16,18H2,2-4H3,(H2,25,26,27);1H. The van der Waals surface area contributed by atoms with Crippen LogP contribution in [0.1, 0.15) is 28.4 Å². The highest BCUT2D eigenvalue weighted by Crippen LogP contribution is 2.18. The van der Waals surface area contributed by atoms with Crippen LogP contribution < -0.4 is 15.4 Å². The van der Waals surface area contributed by atoms with E-state index in [1.807, 2.05) is 55.5 Å². The fraction of sp³-hybridized carbons (Fsp3) is 0.333. The first-order chi connectivity index (χ1) is 14.5. The third-order valence-corrected chi connectivity index (χ3v) is 4.37. The molecule has 2 N–H and O–H groups in total. The number of carbonyl (C=O) groups excluding carboxylic acids is 1. The molecule has 2 aromatic rings. The summed E-state index contributed by atoms with van der Waals surface area (Å²) in [6.07, 6.45) is 2.52. The maximum absolute atomic E-state index is 12.1. The number of hydrogen-bond acceptors (Lipinski definition) is 3. The van der Waals surface area contributed by atoms with E-state index in [-0.39, 0.29) is 29.9 Å². The molecule has 31 heavy (non-hydrogen) atoms. The van der Waals surface area contributed by atoms with Gasteiger partial charge in [0, 0.05) is 38.3 Å². The summed E-state index contributed by atoms with van der Waals surface area (Å²) >= 11 is 0. The molecule has 6 nitrogen and oxygen atoms in total. The Bertz CT molecular complexity index is 868. The molecule has 0 fully saturated rings. The number of aliphatic imine (C=N–C) groups is 1. The molecule has 0 unspecified atom stereocenters. The van der Waals surface area contributed by atoms with Crippen molar-refractivity contribution in [2.75, 3.05) is 33.8 Å². The molecule has 0 aromatic heterocycles. The van der Waals surface area contributed by atoms with E-state index in [0.717, 1.165) is 35.8 Å². The van der Waals surface area contributed by atoms with Gasteiger partial charge in [0.25, 0.3) is 5.91 Å². The Balaban J connectivity index is 0.00000480. The SMILES string of the molecule is C=CCOc1ccccc1CN=C(NCC)NCCc1cccc(C(=O)N(C)C)c1.I. The highest BCUT2D eigenvalue weighted by molar-refractivity contribution is 14.0. The van der Waals surface area contributed by atoms with Crippen molar-refractivity contribution in [1.29, 1.82) is 0 Å². The molecule has 2 rings (SSSR count). The zero-order valence-electron chi connectivity index (χ0n) is 18.6. The van der Waals surface area contributed by atoms with Crippen molar-refractivity contribution in [3.8, 4) is 5.75 Å². The number of amides is 1. The summed E-state index contributed by atoms with van der Waals surface area (Å²) < 4.78 is 5.71. The van der Waals surface area contributed by atoms with Gasteiger partial charge in [-0.05, 0) is 37.1 Å². The molecule has 1 amide bonds. The van der Waals surface area contributed by atoms with Crippen LogP contribution in [0.2, 0.25) is 0 Å². The lowest BCUT2D eigenvalue weighted by atomic mass is 10.1. The Labute approximate surface area is 202 Å². The first-order valence-corrected chi connectivity index (χ1v) is 10.2. The molecule has 0 heterocycles. The molecule has 2 aromatic carbocycles. The van der Waals surface area contributed by atoms with E-state index in [2.05, 4.69) is 22.2 Å². The van der Waals surface area contributed by atoms with Crippen LogP contribution in [0.5, 0.6) is 5.75 Å². The monoisotopic (exact) mass is 536 g/mol. The zero-order valence-corrected chi connectivity index (χ0v) is 20.9. The summed E-state index contributed by atoms with van der Waals surface area (Å²) in [5, 5.41) is 6.63. The Morgan fingerprint density at radius 2 is 1.94 bits per heavy atom. The van der Waals surface area contributed by atoms with E-state index in [9.17, 15) is 4.79 Å². The predicted octanol–water partition coefficient (Wildman–Crippen LogP) is 3.87. The number of ether oxygens (including phenoxy) is 1. The van der Waals surface area contributed by atoms with Gasteiger partial charge in [0.15, 0.2) is 5.96 Å². The summed E-state index contributed by atoms with van der Waals surface area (Å²) in [5.41, 5.74) is 2.83. The first-order valence-electron chi connectivity index (χ1n) is 10.2. The van der Waals surface area contributed by atoms with Crippen molar-refractivity contribution in [2.45, 2.75) is 19.9 Å². The van der Waals surface area contributed by atoms with E-state index < -0.39 is 0 Å². The van der Waals surface area contributed by atoms with Gasteiger partial charge in [0.1, 0.15) is 12.4 Å². The Morgan fingerprint density at radius 3 is 2.65 bits per heavy atom. The average molecular weight is 536 g/mol. The first kappa shape index (κ1) is 26.5. The topological polar surface area (TPSA) is 66.0 Å². The van der Waals surface area contributed by atoms with E-state index in [0.29, 0.717) is 25.3 Å². The number of rotatable bonds is 10. The minimum atomic E-state index is 0. The summed E-state index contributed by atoms with van der Waals surface area (Å²) in [6, 6.07) is 15.6. The molecule has 0 aliphatic rings. The summed E-state index contributed by atoms with van der Waals surface area (Å²) in [7, 11) is 3.52. The quantitative estimate of drug-likeness (QED) is 0.210. The normalized spacial score (nSPS) is 10.6. The van der Waals surface area contributed by atoms with Crippen molar-refractivity contribution in [2.24, 2.45) is 4.99 Å². The number of benzene rings is 2. The minimum absolute atomic E-state index is 0. The lowest BCUT2D eigenvalue weighted by Gasteiger charge is -2.13. The van der Waals surface area contributed by atoms with Crippen LogP contribution >= 0.6 is 24.0 Å². The van der Waals surface area contributed by atoms with Crippen LogP contribution in [0, 0.1) is 0 Å². The van der Waals surface area contributed by atoms with E-state index >= 15 is 0 Å². The molecule has 0 saturated carbocycles. The summed E-state index contributed by atoms with van der Waals surface area (Å²) in [4.78, 5) is 18.4. The number of hydrogen-bond donors (Lipinski definition) is 2. The van der Waals surface area contributed by atoms with E-state index in [1.54, 1.807) is 25.1 Å².